The minimum Gasteiger partial charge on any atom is -0.454 e. The second-order valence-electron chi connectivity index (χ2n) is 8.04. The van der Waals surface area contributed by atoms with Gasteiger partial charge in [0.25, 0.3) is 0 Å². The molecule has 1 aromatic heterocycles. The molecule has 0 radical (unpaired) electrons. The number of amides is 1. The Hall–Kier alpha value is -3.15. The molecule has 3 aromatic rings. The van der Waals surface area contributed by atoms with Gasteiger partial charge in [0, 0.05) is 37.3 Å². The molecule has 178 valence electrons. The van der Waals surface area contributed by atoms with Crippen LogP contribution in [-0.4, -0.2) is 48.7 Å². The molecule has 2 aliphatic rings. The van der Waals surface area contributed by atoms with Crippen molar-refractivity contribution in [2.75, 3.05) is 25.2 Å². The number of nitrogens with one attached hydrogen (secondary N) is 1. The Labute approximate surface area is 200 Å². The maximum Gasteiger partial charge on any atom is 0.244 e. The van der Waals surface area contributed by atoms with E-state index in [2.05, 4.69) is 15.5 Å². The smallest absolute Gasteiger partial charge is 0.244 e. The van der Waals surface area contributed by atoms with Gasteiger partial charge in [-0.25, -0.2) is 8.42 Å². The number of aryl methyl sites for hydroxylation is 1. The van der Waals surface area contributed by atoms with Gasteiger partial charge >= 0.3 is 0 Å². The number of aromatic nitrogens is 2. The van der Waals surface area contributed by atoms with Crippen LogP contribution >= 0.6 is 11.6 Å². The highest BCUT2D eigenvalue weighted by atomic mass is 35.5. The van der Waals surface area contributed by atoms with Crippen molar-refractivity contribution in [2.45, 2.75) is 24.7 Å². The van der Waals surface area contributed by atoms with Crippen molar-refractivity contribution >= 4 is 33.2 Å². The predicted octanol–water partition coefficient (Wildman–Crippen LogP) is 3.47. The first-order chi connectivity index (χ1) is 16.3. The van der Waals surface area contributed by atoms with Crippen LogP contribution in [0.15, 0.2) is 45.8 Å². The van der Waals surface area contributed by atoms with E-state index in [1.165, 1.54) is 16.4 Å². The molecular weight excluding hydrogens is 484 g/mol. The van der Waals surface area contributed by atoms with Gasteiger partial charge in [0.15, 0.2) is 11.5 Å². The lowest BCUT2D eigenvalue weighted by Gasteiger charge is -2.31. The molecule has 0 bridgehead atoms. The van der Waals surface area contributed by atoms with Crippen LogP contribution in [0.3, 0.4) is 0 Å². The van der Waals surface area contributed by atoms with Crippen molar-refractivity contribution < 1.29 is 27.2 Å². The summed E-state index contributed by atoms with van der Waals surface area (Å²) in [7, 11) is -3.97. The number of carbonyl (C=O) groups excluding carboxylic acids is 1. The van der Waals surface area contributed by atoms with Crippen molar-refractivity contribution in [2.24, 2.45) is 5.92 Å². The van der Waals surface area contributed by atoms with Gasteiger partial charge in [0.2, 0.25) is 34.4 Å². The summed E-state index contributed by atoms with van der Waals surface area (Å²) in [6.45, 7) is 2.11. The Kier molecular flexibility index (Phi) is 5.92. The van der Waals surface area contributed by atoms with Gasteiger partial charge in [-0.3, -0.25) is 4.79 Å². The molecular formula is C22H21ClN4O6S. The standard InChI is InChI=1S/C22H21ClN4O6S/c1-13-24-21(26-33-13)14-4-6-17(23)20(9-14)34(29,30)27-8-2-3-15(11-27)22(28)25-16-5-7-18-19(10-16)32-12-31-18/h4-7,9-10,15H,2-3,8,11-12H2,1H3,(H,25,28)/t15-/m1/s1. The third kappa shape index (κ3) is 4.33. The molecule has 2 aliphatic heterocycles. The van der Waals surface area contributed by atoms with Gasteiger partial charge in [-0.1, -0.05) is 16.8 Å². The molecule has 0 spiro atoms. The lowest BCUT2D eigenvalue weighted by molar-refractivity contribution is -0.120. The summed E-state index contributed by atoms with van der Waals surface area (Å²) in [5.74, 6) is 1.02. The molecule has 10 nitrogen and oxygen atoms in total. The van der Waals surface area contributed by atoms with Crippen LogP contribution in [0.2, 0.25) is 5.02 Å². The molecule has 1 saturated heterocycles. The first-order valence-electron chi connectivity index (χ1n) is 10.6. The van der Waals surface area contributed by atoms with Crippen molar-refractivity contribution in [1.82, 2.24) is 14.4 Å². The number of rotatable bonds is 5. The van der Waals surface area contributed by atoms with Crippen LogP contribution in [0.5, 0.6) is 11.5 Å². The number of halogens is 1. The monoisotopic (exact) mass is 504 g/mol. The number of anilines is 1. The SMILES string of the molecule is Cc1nc(-c2ccc(Cl)c(S(=O)(=O)N3CCC[C@@H](C(=O)Nc4ccc5c(c4)OCO5)C3)c2)no1. The molecule has 1 amide bonds. The summed E-state index contributed by atoms with van der Waals surface area (Å²) in [4.78, 5) is 17.0. The van der Waals surface area contributed by atoms with Gasteiger partial charge in [-0.15, -0.1) is 0 Å². The molecule has 34 heavy (non-hydrogen) atoms. The molecule has 12 heteroatoms. The zero-order valence-corrected chi connectivity index (χ0v) is 19.7. The average Bonchev–Trinajstić information content (AvgIpc) is 3.48. The molecule has 2 aromatic carbocycles. The predicted molar refractivity (Wildman–Crippen MR) is 122 cm³/mol. The van der Waals surface area contributed by atoms with Crippen LogP contribution in [0.1, 0.15) is 18.7 Å². The minimum atomic E-state index is -3.97. The Morgan fingerprint density at radius 2 is 2.00 bits per heavy atom. The molecule has 3 heterocycles. The zero-order valence-electron chi connectivity index (χ0n) is 18.2. The van der Waals surface area contributed by atoms with Crippen LogP contribution in [0.25, 0.3) is 11.4 Å². The summed E-state index contributed by atoms with van der Waals surface area (Å²) in [6, 6.07) is 9.66. The quantitative estimate of drug-likeness (QED) is 0.560. The van der Waals surface area contributed by atoms with Crippen LogP contribution in [0, 0.1) is 12.8 Å². The third-order valence-electron chi connectivity index (χ3n) is 5.73. The first kappa shape index (κ1) is 22.6. The Bertz CT molecular complexity index is 1360. The highest BCUT2D eigenvalue weighted by Gasteiger charge is 2.35. The maximum atomic E-state index is 13.5. The second kappa shape index (κ2) is 8.90. The number of piperidine rings is 1. The minimum absolute atomic E-state index is 0.0423. The van der Waals surface area contributed by atoms with Gasteiger partial charge < -0.3 is 19.3 Å². The summed E-state index contributed by atoms with van der Waals surface area (Å²) in [5.41, 5.74) is 1.02. The van der Waals surface area contributed by atoms with Crippen molar-refractivity contribution in [3.05, 3.63) is 47.3 Å². The number of ether oxygens (including phenoxy) is 2. The number of benzene rings is 2. The van der Waals surface area contributed by atoms with Crippen LogP contribution < -0.4 is 14.8 Å². The summed E-state index contributed by atoms with van der Waals surface area (Å²) >= 11 is 6.27. The molecule has 5 rings (SSSR count). The molecule has 1 fully saturated rings. The second-order valence-corrected chi connectivity index (χ2v) is 10.4. The van der Waals surface area contributed by atoms with E-state index in [1.54, 1.807) is 31.2 Å². The normalized spacial score (nSPS) is 18.1. The van der Waals surface area contributed by atoms with E-state index < -0.39 is 15.9 Å². The molecule has 0 aliphatic carbocycles. The van der Waals surface area contributed by atoms with Crippen LogP contribution in [0.4, 0.5) is 5.69 Å². The number of carbonyl (C=O) groups is 1. The fourth-order valence-corrected chi connectivity index (χ4v) is 6.01. The van der Waals surface area contributed by atoms with Crippen LogP contribution in [-0.2, 0) is 14.8 Å². The fourth-order valence-electron chi connectivity index (χ4n) is 3.99. The highest BCUT2D eigenvalue weighted by molar-refractivity contribution is 7.89. The number of nitrogens with zero attached hydrogens (tertiary/aromatic N) is 3. The largest absolute Gasteiger partial charge is 0.454 e. The van der Waals surface area contributed by atoms with Gasteiger partial charge in [-0.05, 0) is 43.2 Å². The van der Waals surface area contributed by atoms with E-state index in [9.17, 15) is 13.2 Å². The van der Waals surface area contributed by atoms with E-state index in [0.29, 0.717) is 41.5 Å². The summed E-state index contributed by atoms with van der Waals surface area (Å²) in [6.07, 6.45) is 1.11. The number of hydrogen-bond acceptors (Lipinski definition) is 8. The van der Waals surface area contributed by atoms with Crippen molar-refractivity contribution in [1.29, 1.82) is 0 Å². The van der Waals surface area contributed by atoms with E-state index in [0.717, 1.165) is 0 Å². The lowest BCUT2D eigenvalue weighted by atomic mass is 9.98. The van der Waals surface area contributed by atoms with Gasteiger partial charge in [-0.2, -0.15) is 9.29 Å². The summed E-state index contributed by atoms with van der Waals surface area (Å²) < 4.78 is 43.8. The maximum absolute atomic E-state index is 13.5. The van der Waals surface area contributed by atoms with Crippen molar-refractivity contribution in [3.8, 4) is 22.9 Å². The lowest BCUT2D eigenvalue weighted by Crippen LogP contribution is -2.43. The zero-order chi connectivity index (χ0) is 23.9. The topological polar surface area (TPSA) is 124 Å². The Balaban J connectivity index is 1.34. The molecule has 0 saturated carbocycles. The van der Waals surface area contributed by atoms with Gasteiger partial charge in [0.1, 0.15) is 4.90 Å². The Morgan fingerprint density at radius 3 is 2.79 bits per heavy atom. The van der Waals surface area contributed by atoms with Crippen molar-refractivity contribution in [3.63, 3.8) is 0 Å². The van der Waals surface area contributed by atoms with E-state index in [4.69, 9.17) is 25.6 Å². The Morgan fingerprint density at radius 1 is 1.18 bits per heavy atom. The average molecular weight is 505 g/mol. The molecule has 0 unspecified atom stereocenters. The number of fused-ring (bicyclic) bond motifs is 1. The van der Waals surface area contributed by atoms with Gasteiger partial charge in [0.05, 0.1) is 10.9 Å². The van der Waals surface area contributed by atoms with E-state index >= 15 is 0 Å². The fraction of sp³-hybridized carbons (Fsp3) is 0.318. The third-order valence-corrected chi connectivity index (χ3v) is 8.08. The van der Waals surface area contributed by atoms with E-state index in [1.807, 2.05) is 0 Å². The summed E-state index contributed by atoms with van der Waals surface area (Å²) in [5, 5.41) is 6.77. The van der Waals surface area contributed by atoms with E-state index in [-0.39, 0.29) is 41.5 Å². The number of sulfonamides is 1. The number of hydrogen-bond donors (Lipinski definition) is 1. The molecule has 1 atom stereocenters. The first-order valence-corrected chi connectivity index (χ1v) is 12.4. The molecule has 1 N–H and O–H groups in total. The highest BCUT2D eigenvalue weighted by Crippen LogP contribution is 2.35.